The van der Waals surface area contributed by atoms with Crippen molar-refractivity contribution in [2.45, 2.75) is 59.1 Å². The molecule has 0 radical (unpaired) electrons. The SMILES string of the molecule is CC(C)CC1CN(CCOC(C)(C)C)CCCN1. The predicted octanol–water partition coefficient (Wildman–Crippen LogP) is 2.51. The number of hydrogen-bond acceptors (Lipinski definition) is 3. The lowest BCUT2D eigenvalue weighted by atomic mass is 10.0. The molecule has 3 nitrogen and oxygen atoms in total. The molecule has 1 fully saturated rings. The molecule has 1 atom stereocenters. The fourth-order valence-corrected chi connectivity index (χ4v) is 2.49. The van der Waals surface area contributed by atoms with Crippen LogP contribution in [-0.2, 0) is 4.74 Å². The standard InChI is InChI=1S/C15H32N2O/c1-13(2)11-14-12-17(8-6-7-16-14)9-10-18-15(3,4)5/h13-14,16H,6-12H2,1-5H3. The highest BCUT2D eigenvalue weighted by atomic mass is 16.5. The van der Waals surface area contributed by atoms with Crippen molar-refractivity contribution in [1.29, 1.82) is 0 Å². The Morgan fingerprint density at radius 2 is 2.06 bits per heavy atom. The summed E-state index contributed by atoms with van der Waals surface area (Å²) in [7, 11) is 0. The molecule has 0 aliphatic carbocycles. The van der Waals surface area contributed by atoms with E-state index in [1.165, 1.54) is 25.9 Å². The molecule has 1 aliphatic heterocycles. The van der Waals surface area contributed by atoms with Gasteiger partial charge >= 0.3 is 0 Å². The third kappa shape index (κ3) is 7.34. The van der Waals surface area contributed by atoms with Gasteiger partial charge in [0, 0.05) is 19.1 Å². The van der Waals surface area contributed by atoms with Gasteiger partial charge in [0.2, 0.25) is 0 Å². The second-order valence-electron chi connectivity index (χ2n) is 6.90. The van der Waals surface area contributed by atoms with Crippen molar-refractivity contribution in [2.75, 3.05) is 32.8 Å². The molecule has 1 unspecified atom stereocenters. The van der Waals surface area contributed by atoms with E-state index in [0.29, 0.717) is 6.04 Å². The number of ether oxygens (including phenoxy) is 1. The minimum atomic E-state index is -0.0125. The van der Waals surface area contributed by atoms with Crippen LogP contribution < -0.4 is 5.32 Å². The van der Waals surface area contributed by atoms with E-state index in [4.69, 9.17) is 4.74 Å². The molecule has 1 saturated heterocycles. The quantitative estimate of drug-likeness (QED) is 0.818. The highest BCUT2D eigenvalue weighted by Gasteiger charge is 2.19. The Labute approximate surface area is 113 Å². The summed E-state index contributed by atoms with van der Waals surface area (Å²) in [6.45, 7) is 16.4. The number of nitrogens with zero attached hydrogens (tertiary/aromatic N) is 1. The molecular weight excluding hydrogens is 224 g/mol. The van der Waals surface area contributed by atoms with Gasteiger partial charge in [-0.1, -0.05) is 13.8 Å². The maximum Gasteiger partial charge on any atom is 0.0600 e. The molecule has 0 aromatic heterocycles. The molecule has 18 heavy (non-hydrogen) atoms. The first kappa shape index (κ1) is 15.9. The van der Waals surface area contributed by atoms with E-state index in [1.54, 1.807) is 0 Å². The summed E-state index contributed by atoms with van der Waals surface area (Å²) < 4.78 is 5.83. The van der Waals surface area contributed by atoms with E-state index in [-0.39, 0.29) is 5.60 Å². The zero-order valence-corrected chi connectivity index (χ0v) is 13.0. The summed E-state index contributed by atoms with van der Waals surface area (Å²) in [5, 5.41) is 3.67. The van der Waals surface area contributed by atoms with Gasteiger partial charge in [0.1, 0.15) is 0 Å². The van der Waals surface area contributed by atoms with Crippen LogP contribution in [0.3, 0.4) is 0 Å². The molecule has 1 aliphatic rings. The van der Waals surface area contributed by atoms with E-state index in [9.17, 15) is 0 Å². The molecule has 0 amide bonds. The van der Waals surface area contributed by atoms with Crippen molar-refractivity contribution in [3.63, 3.8) is 0 Å². The second-order valence-corrected chi connectivity index (χ2v) is 6.90. The van der Waals surface area contributed by atoms with Crippen molar-refractivity contribution in [3.05, 3.63) is 0 Å². The number of rotatable bonds is 5. The molecule has 0 saturated carbocycles. The predicted molar refractivity (Wildman–Crippen MR) is 78.0 cm³/mol. The van der Waals surface area contributed by atoms with Crippen molar-refractivity contribution >= 4 is 0 Å². The Hall–Kier alpha value is -0.120. The lowest BCUT2D eigenvalue weighted by molar-refractivity contribution is -0.0132. The van der Waals surface area contributed by atoms with Gasteiger partial charge in [-0.05, 0) is 52.6 Å². The first-order valence-electron chi connectivity index (χ1n) is 7.46. The smallest absolute Gasteiger partial charge is 0.0600 e. The van der Waals surface area contributed by atoms with Gasteiger partial charge in [-0.2, -0.15) is 0 Å². The van der Waals surface area contributed by atoms with Crippen LogP contribution in [0.4, 0.5) is 0 Å². The fourth-order valence-electron chi connectivity index (χ4n) is 2.49. The molecule has 0 aromatic carbocycles. The Balaban J connectivity index is 2.30. The van der Waals surface area contributed by atoms with Gasteiger partial charge < -0.3 is 10.1 Å². The Morgan fingerprint density at radius 1 is 1.33 bits per heavy atom. The summed E-state index contributed by atoms with van der Waals surface area (Å²) in [5.74, 6) is 0.772. The van der Waals surface area contributed by atoms with Crippen molar-refractivity contribution in [2.24, 2.45) is 5.92 Å². The van der Waals surface area contributed by atoms with Crippen molar-refractivity contribution in [3.8, 4) is 0 Å². The van der Waals surface area contributed by atoms with Crippen LogP contribution in [0.15, 0.2) is 0 Å². The van der Waals surface area contributed by atoms with Crippen LogP contribution in [0.1, 0.15) is 47.5 Å². The first-order valence-corrected chi connectivity index (χ1v) is 7.46. The normalized spacial score (nSPS) is 23.3. The zero-order valence-electron chi connectivity index (χ0n) is 13.0. The van der Waals surface area contributed by atoms with Crippen LogP contribution in [0.5, 0.6) is 0 Å². The van der Waals surface area contributed by atoms with Gasteiger partial charge in [-0.3, -0.25) is 4.90 Å². The van der Waals surface area contributed by atoms with Crippen LogP contribution in [0.2, 0.25) is 0 Å². The topological polar surface area (TPSA) is 24.5 Å². The molecule has 0 spiro atoms. The highest BCUT2D eigenvalue weighted by molar-refractivity contribution is 4.77. The molecular formula is C15H32N2O. The van der Waals surface area contributed by atoms with E-state index in [0.717, 1.165) is 25.6 Å². The van der Waals surface area contributed by atoms with E-state index >= 15 is 0 Å². The van der Waals surface area contributed by atoms with E-state index in [2.05, 4.69) is 44.8 Å². The molecule has 0 aromatic rings. The summed E-state index contributed by atoms with van der Waals surface area (Å²) in [5.41, 5.74) is -0.0125. The molecule has 1 rings (SSSR count). The summed E-state index contributed by atoms with van der Waals surface area (Å²) in [4.78, 5) is 2.55. The Kier molecular flexibility index (Phi) is 6.61. The van der Waals surface area contributed by atoms with Crippen LogP contribution in [-0.4, -0.2) is 49.3 Å². The van der Waals surface area contributed by atoms with Gasteiger partial charge in [0.15, 0.2) is 0 Å². The Morgan fingerprint density at radius 3 is 2.67 bits per heavy atom. The lowest BCUT2D eigenvalue weighted by Crippen LogP contribution is -2.40. The van der Waals surface area contributed by atoms with Crippen molar-refractivity contribution < 1.29 is 4.74 Å². The van der Waals surface area contributed by atoms with Gasteiger partial charge in [0.25, 0.3) is 0 Å². The largest absolute Gasteiger partial charge is 0.375 e. The number of nitrogens with one attached hydrogen (secondary N) is 1. The molecule has 108 valence electrons. The van der Waals surface area contributed by atoms with Crippen molar-refractivity contribution in [1.82, 2.24) is 10.2 Å². The molecule has 3 heteroatoms. The highest BCUT2D eigenvalue weighted by Crippen LogP contribution is 2.11. The first-order chi connectivity index (χ1) is 8.37. The summed E-state index contributed by atoms with van der Waals surface area (Å²) in [6, 6.07) is 0.655. The van der Waals surface area contributed by atoms with Crippen LogP contribution >= 0.6 is 0 Å². The second kappa shape index (κ2) is 7.46. The molecule has 1 N–H and O–H groups in total. The third-order valence-corrected chi connectivity index (χ3v) is 3.26. The minimum Gasteiger partial charge on any atom is -0.375 e. The van der Waals surface area contributed by atoms with E-state index < -0.39 is 0 Å². The van der Waals surface area contributed by atoms with Gasteiger partial charge in [-0.15, -0.1) is 0 Å². The molecule has 0 bridgehead atoms. The summed E-state index contributed by atoms with van der Waals surface area (Å²) >= 11 is 0. The summed E-state index contributed by atoms with van der Waals surface area (Å²) in [6.07, 6.45) is 2.53. The maximum atomic E-state index is 5.83. The van der Waals surface area contributed by atoms with Crippen LogP contribution in [0.25, 0.3) is 0 Å². The Bertz CT molecular complexity index is 223. The van der Waals surface area contributed by atoms with Crippen LogP contribution in [0, 0.1) is 5.92 Å². The van der Waals surface area contributed by atoms with Gasteiger partial charge in [0.05, 0.1) is 12.2 Å². The fraction of sp³-hybridized carbons (Fsp3) is 1.00. The van der Waals surface area contributed by atoms with E-state index in [1.807, 2.05) is 0 Å². The number of hydrogen-bond donors (Lipinski definition) is 1. The third-order valence-electron chi connectivity index (χ3n) is 3.26. The monoisotopic (exact) mass is 256 g/mol. The molecule has 1 heterocycles. The maximum absolute atomic E-state index is 5.83. The minimum absolute atomic E-state index is 0.0125. The average Bonchev–Trinajstić information content (AvgIpc) is 2.40. The lowest BCUT2D eigenvalue weighted by Gasteiger charge is -2.27. The van der Waals surface area contributed by atoms with Gasteiger partial charge in [-0.25, -0.2) is 0 Å². The average molecular weight is 256 g/mol. The zero-order chi connectivity index (χ0) is 13.6.